The van der Waals surface area contributed by atoms with Gasteiger partial charge in [-0.2, -0.15) is 0 Å². The van der Waals surface area contributed by atoms with Gasteiger partial charge in [0.15, 0.2) is 0 Å². The molecule has 3 aromatic carbocycles. The van der Waals surface area contributed by atoms with Gasteiger partial charge in [-0.1, -0.05) is 50.1 Å². The number of hydrogen-bond donors (Lipinski definition) is 0. The molecule has 1 heterocycles. The van der Waals surface area contributed by atoms with Crippen molar-refractivity contribution in [3.8, 4) is 45.3 Å². The maximum Gasteiger partial charge on any atom is 0.361 e. The smallest absolute Gasteiger partial charge is 0.361 e. The first-order valence-electron chi connectivity index (χ1n) is 12.4. The van der Waals surface area contributed by atoms with Crippen LogP contribution in [0.5, 0.6) is 11.5 Å². The monoisotopic (exact) mass is 538 g/mol. The van der Waals surface area contributed by atoms with Gasteiger partial charge in [-0.05, 0) is 67.4 Å². The van der Waals surface area contributed by atoms with Gasteiger partial charge in [-0.15, -0.1) is 10.2 Å². The van der Waals surface area contributed by atoms with Crippen LogP contribution in [0.2, 0.25) is 0 Å². The standard InChI is InChI=1S/C30H31O3.ClHO4/c1-3-5-9-20-32-28-16-12-23(13-17-28)26-21-29(24-10-7-6-8-11-24)33-30(22-26)25-14-18-27(19-15-25)31-4-2;2-1(3,4)5/h6-8,10-19,21-22H,3-5,9,20H2,1-2H3;(H,2,3,4,5)/q+1;/p-1. The Morgan fingerprint density at radius 3 is 1.63 bits per heavy atom. The average Bonchev–Trinajstić information content (AvgIpc) is 2.91. The van der Waals surface area contributed by atoms with Gasteiger partial charge < -0.3 is 9.47 Å². The van der Waals surface area contributed by atoms with Crippen LogP contribution in [0.4, 0.5) is 0 Å². The largest absolute Gasteiger partial charge is 0.494 e. The van der Waals surface area contributed by atoms with E-state index >= 15 is 0 Å². The van der Waals surface area contributed by atoms with Crippen molar-refractivity contribution in [2.75, 3.05) is 13.2 Å². The van der Waals surface area contributed by atoms with Crippen molar-refractivity contribution in [2.24, 2.45) is 0 Å². The fourth-order valence-electron chi connectivity index (χ4n) is 3.72. The van der Waals surface area contributed by atoms with E-state index in [2.05, 4.69) is 43.3 Å². The Kier molecular flexibility index (Phi) is 11.1. The van der Waals surface area contributed by atoms with Crippen molar-refractivity contribution in [3.63, 3.8) is 0 Å². The molecule has 4 rings (SSSR count). The van der Waals surface area contributed by atoms with Crippen LogP contribution in [0.15, 0.2) is 95.4 Å². The van der Waals surface area contributed by atoms with Gasteiger partial charge in [0, 0.05) is 5.56 Å². The van der Waals surface area contributed by atoms with E-state index in [1.54, 1.807) is 0 Å². The zero-order valence-electron chi connectivity index (χ0n) is 21.4. The summed E-state index contributed by atoms with van der Waals surface area (Å²) in [6.45, 7) is 5.60. The van der Waals surface area contributed by atoms with Crippen molar-refractivity contribution >= 4 is 0 Å². The van der Waals surface area contributed by atoms with Gasteiger partial charge in [0.2, 0.25) is 0 Å². The van der Waals surface area contributed by atoms with Gasteiger partial charge in [0.05, 0.1) is 36.5 Å². The van der Waals surface area contributed by atoms with Crippen LogP contribution in [-0.4, -0.2) is 13.2 Å². The summed E-state index contributed by atoms with van der Waals surface area (Å²) in [6, 6.07) is 30.8. The summed E-state index contributed by atoms with van der Waals surface area (Å²) in [5.74, 6) is 3.41. The van der Waals surface area contributed by atoms with Crippen LogP contribution in [0.25, 0.3) is 33.8 Å². The third-order valence-electron chi connectivity index (χ3n) is 5.51. The molecule has 0 N–H and O–H groups in total. The summed E-state index contributed by atoms with van der Waals surface area (Å²) in [7, 11) is -4.94. The lowest BCUT2D eigenvalue weighted by Crippen LogP contribution is -2.68. The van der Waals surface area contributed by atoms with Gasteiger partial charge in [-0.25, -0.2) is 23.1 Å². The first kappa shape index (κ1) is 29.1. The molecule has 0 saturated carbocycles. The number of rotatable bonds is 10. The summed E-state index contributed by atoms with van der Waals surface area (Å²) in [5, 5.41) is 0. The van der Waals surface area contributed by atoms with E-state index in [0.717, 1.165) is 58.3 Å². The van der Waals surface area contributed by atoms with E-state index in [9.17, 15) is 0 Å². The van der Waals surface area contributed by atoms with Crippen molar-refractivity contribution < 1.29 is 42.8 Å². The lowest BCUT2D eigenvalue weighted by atomic mass is 10.0. The molecule has 200 valence electrons. The van der Waals surface area contributed by atoms with E-state index < -0.39 is 10.2 Å². The number of hydrogen-bond acceptors (Lipinski definition) is 6. The van der Waals surface area contributed by atoms with E-state index in [1.165, 1.54) is 12.8 Å². The third-order valence-corrected chi connectivity index (χ3v) is 5.51. The number of benzene rings is 3. The maximum atomic E-state index is 8.49. The Morgan fingerprint density at radius 1 is 0.605 bits per heavy atom. The van der Waals surface area contributed by atoms with Crippen molar-refractivity contribution in [1.82, 2.24) is 0 Å². The van der Waals surface area contributed by atoms with Crippen LogP contribution in [-0.2, 0) is 0 Å². The number of halogens is 1. The molecule has 0 aliphatic carbocycles. The molecule has 0 amide bonds. The molecule has 38 heavy (non-hydrogen) atoms. The van der Waals surface area contributed by atoms with E-state index in [1.807, 2.05) is 61.5 Å². The van der Waals surface area contributed by atoms with Crippen LogP contribution in [0, 0.1) is 10.2 Å². The second-order valence-corrected chi connectivity index (χ2v) is 9.11. The predicted molar refractivity (Wildman–Crippen MR) is 136 cm³/mol. The highest BCUT2D eigenvalue weighted by Gasteiger charge is 2.20. The molecule has 8 heteroatoms. The number of ether oxygens (including phenoxy) is 2. The molecule has 0 aliphatic rings. The molecule has 0 fully saturated rings. The predicted octanol–water partition coefficient (Wildman–Crippen LogP) is 3.77. The van der Waals surface area contributed by atoms with Crippen molar-refractivity contribution in [3.05, 3.63) is 91.0 Å². The van der Waals surface area contributed by atoms with Gasteiger partial charge in [-0.3, -0.25) is 0 Å². The lowest BCUT2D eigenvalue weighted by Gasteiger charge is -2.17. The maximum absolute atomic E-state index is 8.49. The van der Waals surface area contributed by atoms with Crippen LogP contribution >= 0.6 is 0 Å². The number of unbranched alkanes of at least 4 members (excludes halogenated alkanes) is 2. The summed E-state index contributed by atoms with van der Waals surface area (Å²) >= 11 is 0. The normalized spacial score (nSPS) is 10.9. The molecule has 1 aromatic heterocycles. The summed E-state index contributed by atoms with van der Waals surface area (Å²) in [5.41, 5.74) is 4.27. The summed E-state index contributed by atoms with van der Waals surface area (Å²) < 4.78 is 51.8. The average molecular weight is 539 g/mol. The zero-order chi connectivity index (χ0) is 27.4. The quantitative estimate of drug-likeness (QED) is 0.222. The fourth-order valence-corrected chi connectivity index (χ4v) is 3.72. The first-order chi connectivity index (χ1) is 18.3. The van der Waals surface area contributed by atoms with E-state index in [0.29, 0.717) is 6.61 Å². The molecule has 0 spiro atoms. The van der Waals surface area contributed by atoms with Gasteiger partial charge >= 0.3 is 11.5 Å². The molecule has 4 aromatic rings. The Balaban J connectivity index is 0.000000732. The molecule has 0 unspecified atom stereocenters. The Labute approximate surface area is 225 Å². The molecule has 0 aliphatic heterocycles. The molecule has 0 bridgehead atoms. The second kappa shape index (κ2) is 14.5. The zero-order valence-corrected chi connectivity index (χ0v) is 22.2. The van der Waals surface area contributed by atoms with E-state index in [4.69, 9.17) is 32.5 Å². The first-order valence-corrected chi connectivity index (χ1v) is 13.6. The van der Waals surface area contributed by atoms with Crippen LogP contribution in [0.1, 0.15) is 33.1 Å². The second-order valence-electron chi connectivity index (χ2n) is 8.36. The molecular formula is C30H31ClO7. The molecule has 7 nitrogen and oxygen atoms in total. The molecule has 0 radical (unpaired) electrons. The highest BCUT2D eigenvalue weighted by Crippen LogP contribution is 2.34. The third kappa shape index (κ3) is 9.78. The minimum absolute atomic E-state index is 0.648. The van der Waals surface area contributed by atoms with Crippen molar-refractivity contribution in [2.45, 2.75) is 33.1 Å². The Hall–Kier alpha value is -3.46. The minimum atomic E-state index is -4.94. The van der Waals surface area contributed by atoms with E-state index in [-0.39, 0.29) is 0 Å². The lowest BCUT2D eigenvalue weighted by molar-refractivity contribution is -2.00. The summed E-state index contributed by atoms with van der Waals surface area (Å²) in [6.07, 6.45) is 3.48. The SMILES string of the molecule is CCCCCOc1ccc(-c2cc(-c3ccccc3)[o+]c(-c3ccc(OCC)cc3)c2)cc1.[O-][Cl+3]([O-])([O-])[O-]. The Bertz CT molecular complexity index is 1230. The minimum Gasteiger partial charge on any atom is -0.494 e. The highest BCUT2D eigenvalue weighted by atomic mass is 35.7. The van der Waals surface area contributed by atoms with Gasteiger partial charge in [0.1, 0.15) is 11.5 Å². The summed E-state index contributed by atoms with van der Waals surface area (Å²) in [4.78, 5) is 0. The molecule has 0 atom stereocenters. The fraction of sp³-hybridized carbons (Fsp3) is 0.233. The Morgan fingerprint density at radius 2 is 1.11 bits per heavy atom. The molecular weight excluding hydrogens is 508 g/mol. The highest BCUT2D eigenvalue weighted by molar-refractivity contribution is 5.75. The van der Waals surface area contributed by atoms with Gasteiger partial charge in [0.25, 0.3) is 0 Å². The van der Waals surface area contributed by atoms with Crippen LogP contribution < -0.4 is 28.1 Å². The topological polar surface area (TPSA) is 122 Å². The van der Waals surface area contributed by atoms with Crippen molar-refractivity contribution in [1.29, 1.82) is 0 Å². The molecule has 0 saturated heterocycles. The van der Waals surface area contributed by atoms with Crippen LogP contribution in [0.3, 0.4) is 0 Å².